The van der Waals surface area contributed by atoms with Gasteiger partial charge in [0.1, 0.15) is 22.1 Å². The highest BCUT2D eigenvalue weighted by Crippen LogP contribution is 2.48. The Labute approximate surface area is 144 Å². The van der Waals surface area contributed by atoms with Crippen molar-refractivity contribution in [3.8, 4) is 11.8 Å². The Morgan fingerprint density at radius 1 is 1.29 bits per heavy atom. The lowest BCUT2D eigenvalue weighted by Gasteiger charge is -2.50. The van der Waals surface area contributed by atoms with E-state index in [1.165, 1.54) is 10.6 Å². The van der Waals surface area contributed by atoms with Crippen LogP contribution in [-0.2, 0) is 0 Å². The van der Waals surface area contributed by atoms with Crippen LogP contribution in [0.4, 0.5) is 0 Å². The average Bonchev–Trinajstić information content (AvgIpc) is 2.50. The molecule has 3 rings (SSSR count). The van der Waals surface area contributed by atoms with E-state index in [1.54, 1.807) is 51.1 Å². The first-order valence-electron chi connectivity index (χ1n) is 7.51. The second-order valence-electron chi connectivity index (χ2n) is 6.58. The highest BCUT2D eigenvalue weighted by atomic mass is 35.5. The van der Waals surface area contributed by atoms with E-state index in [-0.39, 0.29) is 10.7 Å². The van der Waals surface area contributed by atoms with Gasteiger partial charge >= 0.3 is 0 Å². The van der Waals surface area contributed by atoms with E-state index in [4.69, 9.17) is 16.3 Å². The molecule has 1 aromatic carbocycles. The first-order chi connectivity index (χ1) is 11.2. The standard InChI is InChI=1S/C18H17ClN2O3/c1-17(2)18(3,23)16(21-14(19)5-4-6-15(21)22)12-9-11(10-20)7-8-13(12)24-17/h4-9,16,23H,1-3H3. The molecule has 124 valence electrons. The Balaban J connectivity index is 2.38. The van der Waals surface area contributed by atoms with Crippen molar-refractivity contribution in [3.63, 3.8) is 0 Å². The molecule has 0 bridgehead atoms. The van der Waals surface area contributed by atoms with Crippen LogP contribution in [0.3, 0.4) is 0 Å². The second kappa shape index (κ2) is 5.37. The summed E-state index contributed by atoms with van der Waals surface area (Å²) >= 11 is 6.27. The number of fused-ring (bicyclic) bond motifs is 1. The first-order valence-corrected chi connectivity index (χ1v) is 7.89. The van der Waals surface area contributed by atoms with Gasteiger partial charge in [0.25, 0.3) is 5.56 Å². The molecular weight excluding hydrogens is 328 g/mol. The van der Waals surface area contributed by atoms with Gasteiger partial charge in [0, 0.05) is 11.6 Å². The minimum Gasteiger partial charge on any atom is -0.484 e. The Morgan fingerprint density at radius 2 is 2.00 bits per heavy atom. The summed E-state index contributed by atoms with van der Waals surface area (Å²) in [5.41, 5.74) is -1.79. The van der Waals surface area contributed by atoms with Gasteiger partial charge in [-0.1, -0.05) is 17.7 Å². The van der Waals surface area contributed by atoms with Gasteiger partial charge in [0.05, 0.1) is 17.7 Å². The molecule has 5 nitrogen and oxygen atoms in total. The summed E-state index contributed by atoms with van der Waals surface area (Å²) in [4.78, 5) is 12.5. The lowest BCUT2D eigenvalue weighted by molar-refractivity contribution is -0.139. The monoisotopic (exact) mass is 344 g/mol. The Kier molecular flexibility index (Phi) is 3.71. The van der Waals surface area contributed by atoms with Gasteiger partial charge in [-0.05, 0) is 45.0 Å². The quantitative estimate of drug-likeness (QED) is 0.807. The highest BCUT2D eigenvalue weighted by molar-refractivity contribution is 6.29. The van der Waals surface area contributed by atoms with E-state index in [0.717, 1.165) is 0 Å². The molecule has 1 aromatic heterocycles. The molecule has 0 fully saturated rings. The SMILES string of the molecule is CC1(C)Oc2ccc(C#N)cc2C(n2c(Cl)cccc2=O)C1(C)O. The number of benzene rings is 1. The molecule has 2 atom stereocenters. The van der Waals surface area contributed by atoms with E-state index in [0.29, 0.717) is 16.9 Å². The maximum Gasteiger partial charge on any atom is 0.252 e. The number of hydrogen-bond acceptors (Lipinski definition) is 4. The number of ether oxygens (including phenoxy) is 1. The fraction of sp³-hybridized carbons (Fsp3) is 0.333. The number of hydrogen-bond donors (Lipinski definition) is 1. The van der Waals surface area contributed by atoms with E-state index in [1.807, 2.05) is 0 Å². The van der Waals surface area contributed by atoms with Crippen molar-refractivity contribution in [1.82, 2.24) is 4.57 Å². The van der Waals surface area contributed by atoms with Crippen molar-refractivity contribution in [2.45, 2.75) is 38.0 Å². The van der Waals surface area contributed by atoms with Crippen molar-refractivity contribution in [2.75, 3.05) is 0 Å². The van der Waals surface area contributed by atoms with Crippen LogP contribution in [-0.4, -0.2) is 20.9 Å². The summed E-state index contributed by atoms with van der Waals surface area (Å²) in [6.45, 7) is 5.11. The maximum atomic E-state index is 12.5. The zero-order valence-electron chi connectivity index (χ0n) is 13.6. The molecule has 1 aliphatic rings. The van der Waals surface area contributed by atoms with Crippen LogP contribution in [0.15, 0.2) is 41.2 Å². The number of nitrogens with zero attached hydrogens (tertiary/aromatic N) is 2. The molecule has 1 aliphatic heterocycles. The van der Waals surface area contributed by atoms with Crippen LogP contribution in [0.2, 0.25) is 5.15 Å². The predicted molar refractivity (Wildman–Crippen MR) is 90.3 cm³/mol. The number of rotatable bonds is 1. The van der Waals surface area contributed by atoms with Crippen LogP contribution < -0.4 is 10.3 Å². The summed E-state index contributed by atoms with van der Waals surface area (Å²) in [6.07, 6.45) is 0. The molecule has 2 unspecified atom stereocenters. The van der Waals surface area contributed by atoms with Crippen LogP contribution in [0.25, 0.3) is 0 Å². The van der Waals surface area contributed by atoms with Crippen LogP contribution in [0.1, 0.15) is 37.9 Å². The first kappa shape index (κ1) is 16.6. The lowest BCUT2D eigenvalue weighted by Crippen LogP contribution is -2.60. The normalized spacial score (nSPS) is 24.6. The number of nitriles is 1. The minimum atomic E-state index is -1.44. The third kappa shape index (κ3) is 2.31. The summed E-state index contributed by atoms with van der Waals surface area (Å²) in [7, 11) is 0. The molecular formula is C18H17ClN2O3. The number of halogens is 1. The van der Waals surface area contributed by atoms with Crippen molar-refractivity contribution < 1.29 is 9.84 Å². The number of pyridine rings is 1. The summed E-state index contributed by atoms with van der Waals surface area (Å²) in [5, 5.41) is 20.6. The molecule has 0 spiro atoms. The molecule has 0 aliphatic carbocycles. The molecule has 2 aromatic rings. The maximum absolute atomic E-state index is 12.5. The molecule has 0 saturated heterocycles. The third-order valence-corrected chi connectivity index (χ3v) is 5.06. The van der Waals surface area contributed by atoms with Crippen molar-refractivity contribution in [3.05, 3.63) is 63.0 Å². The molecule has 0 saturated carbocycles. The topological polar surface area (TPSA) is 75.2 Å². The fourth-order valence-electron chi connectivity index (χ4n) is 3.05. The molecule has 0 radical (unpaired) electrons. The van der Waals surface area contributed by atoms with Crippen LogP contribution in [0.5, 0.6) is 5.75 Å². The average molecular weight is 345 g/mol. The minimum absolute atomic E-state index is 0.207. The molecule has 6 heteroatoms. The Hall–Kier alpha value is -2.29. The van der Waals surface area contributed by atoms with E-state index in [2.05, 4.69) is 6.07 Å². The number of aromatic nitrogens is 1. The Bertz CT molecular complexity index is 909. The van der Waals surface area contributed by atoms with E-state index >= 15 is 0 Å². The summed E-state index contributed by atoms with van der Waals surface area (Å²) < 4.78 is 7.29. The van der Waals surface area contributed by atoms with E-state index < -0.39 is 17.2 Å². The van der Waals surface area contributed by atoms with Crippen molar-refractivity contribution in [1.29, 1.82) is 5.26 Å². The van der Waals surface area contributed by atoms with Gasteiger partial charge in [-0.2, -0.15) is 5.26 Å². The van der Waals surface area contributed by atoms with Gasteiger partial charge < -0.3 is 9.84 Å². The van der Waals surface area contributed by atoms with E-state index in [9.17, 15) is 15.2 Å². The Morgan fingerprint density at radius 3 is 2.62 bits per heavy atom. The molecule has 1 N–H and O–H groups in total. The third-order valence-electron chi connectivity index (χ3n) is 4.75. The fourth-order valence-corrected chi connectivity index (χ4v) is 3.31. The van der Waals surface area contributed by atoms with Gasteiger partial charge in [-0.3, -0.25) is 9.36 Å². The second-order valence-corrected chi connectivity index (χ2v) is 6.97. The van der Waals surface area contributed by atoms with Crippen LogP contribution >= 0.6 is 11.6 Å². The van der Waals surface area contributed by atoms with Gasteiger partial charge in [-0.25, -0.2) is 0 Å². The van der Waals surface area contributed by atoms with Gasteiger partial charge in [0.15, 0.2) is 0 Å². The highest BCUT2D eigenvalue weighted by Gasteiger charge is 2.54. The smallest absolute Gasteiger partial charge is 0.252 e. The molecule has 2 heterocycles. The van der Waals surface area contributed by atoms with Crippen LogP contribution in [0, 0.1) is 11.3 Å². The summed E-state index contributed by atoms with van der Waals surface area (Å²) in [6, 6.07) is 10.8. The van der Waals surface area contributed by atoms with Gasteiger partial charge in [-0.15, -0.1) is 0 Å². The lowest BCUT2D eigenvalue weighted by atomic mass is 9.75. The largest absolute Gasteiger partial charge is 0.484 e. The predicted octanol–water partition coefficient (Wildman–Crippen LogP) is 2.88. The summed E-state index contributed by atoms with van der Waals surface area (Å²) in [5.74, 6) is 0.516. The zero-order valence-corrected chi connectivity index (χ0v) is 14.3. The molecule has 24 heavy (non-hydrogen) atoms. The zero-order chi connectivity index (χ0) is 17.7. The van der Waals surface area contributed by atoms with Gasteiger partial charge in [0.2, 0.25) is 0 Å². The molecule has 0 amide bonds. The number of aliphatic hydroxyl groups is 1. The van der Waals surface area contributed by atoms with Crippen molar-refractivity contribution in [2.24, 2.45) is 0 Å². The van der Waals surface area contributed by atoms with Crippen molar-refractivity contribution >= 4 is 11.6 Å².